The van der Waals surface area contributed by atoms with Crippen molar-refractivity contribution in [1.82, 2.24) is 0 Å². The van der Waals surface area contributed by atoms with Crippen LogP contribution in [0.25, 0.3) is 22.3 Å². The third-order valence-corrected chi connectivity index (χ3v) is 5.15. The Balaban J connectivity index is 1.84. The molecule has 0 saturated carbocycles. The van der Waals surface area contributed by atoms with Crippen molar-refractivity contribution in [3.63, 3.8) is 0 Å². The predicted molar refractivity (Wildman–Crippen MR) is 107 cm³/mol. The zero-order chi connectivity index (χ0) is 23.2. The highest BCUT2D eigenvalue weighted by Crippen LogP contribution is 2.42. The molecule has 32 heavy (non-hydrogen) atoms. The fraction of sp³-hybridized carbons (Fsp3) is 0.286. The maximum absolute atomic E-state index is 10.3. The molecule has 2 heterocycles. The van der Waals surface area contributed by atoms with E-state index in [2.05, 4.69) is 0 Å². The molecule has 0 radical (unpaired) electrons. The Kier molecular flexibility index (Phi) is 5.67. The number of aliphatic hydroxyl groups is 4. The van der Waals surface area contributed by atoms with Crippen LogP contribution >= 0.6 is 0 Å². The molecule has 8 N–H and O–H groups in total. The maximum atomic E-state index is 10.3. The number of phenols is 4. The first-order valence-electron chi connectivity index (χ1n) is 9.52. The van der Waals surface area contributed by atoms with Gasteiger partial charge in [-0.25, -0.2) is 4.42 Å². The highest BCUT2D eigenvalue weighted by Gasteiger charge is 2.45. The molecule has 0 amide bonds. The van der Waals surface area contributed by atoms with E-state index in [-0.39, 0.29) is 45.3 Å². The van der Waals surface area contributed by atoms with Gasteiger partial charge in [-0.15, -0.1) is 0 Å². The summed E-state index contributed by atoms with van der Waals surface area (Å²) in [5, 5.41) is 79.2. The van der Waals surface area contributed by atoms with Gasteiger partial charge >= 0.3 is 11.3 Å². The van der Waals surface area contributed by atoms with Gasteiger partial charge in [0.1, 0.15) is 41.3 Å². The summed E-state index contributed by atoms with van der Waals surface area (Å²) in [5.41, 5.74) is 0.260. The van der Waals surface area contributed by atoms with Gasteiger partial charge < -0.3 is 50.3 Å². The van der Waals surface area contributed by atoms with E-state index in [0.29, 0.717) is 0 Å². The van der Waals surface area contributed by atoms with Crippen LogP contribution in [0.3, 0.4) is 0 Å². The maximum Gasteiger partial charge on any atom is 0.402 e. The van der Waals surface area contributed by atoms with Crippen LogP contribution in [-0.2, 0) is 4.74 Å². The Morgan fingerprint density at radius 1 is 0.844 bits per heavy atom. The Bertz CT molecular complexity index is 1150. The average molecular weight is 449 g/mol. The summed E-state index contributed by atoms with van der Waals surface area (Å²) >= 11 is 0. The summed E-state index contributed by atoms with van der Waals surface area (Å²) in [6.07, 6.45) is -7.76. The smallest absolute Gasteiger partial charge is 0.402 e. The molecule has 11 nitrogen and oxygen atoms in total. The van der Waals surface area contributed by atoms with Crippen LogP contribution < -0.4 is 4.74 Å². The summed E-state index contributed by atoms with van der Waals surface area (Å²) in [6.45, 7) is -0.661. The SMILES string of the molecule is OCC1OC(Oc2cc3c(O)cc(O)cc3[o+]c2-c2ccc(O)c(O)c2)C(O)C(O)C1O. The van der Waals surface area contributed by atoms with Crippen LogP contribution in [0.1, 0.15) is 0 Å². The Hall–Kier alpha value is -3.35. The summed E-state index contributed by atoms with van der Waals surface area (Å²) in [4.78, 5) is 0. The number of hydrogen-bond donors (Lipinski definition) is 8. The van der Waals surface area contributed by atoms with E-state index in [1.165, 1.54) is 30.3 Å². The normalized spacial score (nSPS) is 25.7. The molecule has 5 atom stereocenters. The van der Waals surface area contributed by atoms with E-state index < -0.39 is 43.1 Å². The topological polar surface area (TPSA) is 192 Å². The number of phenolic OH excluding ortho intramolecular Hbond substituents is 4. The minimum atomic E-state index is -1.71. The molecular weight excluding hydrogens is 428 g/mol. The lowest BCUT2D eigenvalue weighted by Crippen LogP contribution is -2.60. The first-order chi connectivity index (χ1) is 15.2. The quantitative estimate of drug-likeness (QED) is 0.203. The summed E-state index contributed by atoms with van der Waals surface area (Å²) < 4.78 is 16.8. The Morgan fingerprint density at radius 2 is 1.59 bits per heavy atom. The predicted octanol–water partition coefficient (Wildman–Crippen LogP) is 0.382. The van der Waals surface area contributed by atoms with Gasteiger partial charge in [0, 0.05) is 18.2 Å². The van der Waals surface area contributed by atoms with E-state index in [0.717, 1.165) is 6.07 Å². The van der Waals surface area contributed by atoms with Gasteiger partial charge in [0.2, 0.25) is 12.0 Å². The second kappa shape index (κ2) is 8.30. The van der Waals surface area contributed by atoms with Gasteiger partial charge in [0.15, 0.2) is 11.5 Å². The van der Waals surface area contributed by atoms with Crippen LogP contribution in [0.15, 0.2) is 40.8 Å². The highest BCUT2D eigenvalue weighted by atomic mass is 16.7. The van der Waals surface area contributed by atoms with Crippen LogP contribution in [0.2, 0.25) is 0 Å². The monoisotopic (exact) mass is 449 g/mol. The molecule has 1 aliphatic rings. The largest absolute Gasteiger partial charge is 0.507 e. The molecule has 1 saturated heterocycles. The summed E-state index contributed by atoms with van der Waals surface area (Å²) in [6, 6.07) is 7.37. The van der Waals surface area contributed by atoms with Gasteiger partial charge in [-0.2, -0.15) is 0 Å². The van der Waals surface area contributed by atoms with Gasteiger partial charge in [0.25, 0.3) is 0 Å². The second-order valence-electron chi connectivity index (χ2n) is 7.34. The minimum Gasteiger partial charge on any atom is -0.507 e. The van der Waals surface area contributed by atoms with Crippen LogP contribution in [0.5, 0.6) is 28.7 Å². The van der Waals surface area contributed by atoms with Crippen molar-refractivity contribution in [3.8, 4) is 40.1 Å². The third kappa shape index (κ3) is 3.83. The molecule has 170 valence electrons. The number of rotatable bonds is 4. The van der Waals surface area contributed by atoms with Crippen molar-refractivity contribution in [2.75, 3.05) is 6.61 Å². The van der Waals surface area contributed by atoms with Gasteiger partial charge in [0.05, 0.1) is 18.2 Å². The van der Waals surface area contributed by atoms with Gasteiger partial charge in [-0.1, -0.05) is 0 Å². The standard InChI is InChI=1S/C21H20O11/c22-7-16-17(27)18(28)19(29)21(32-16)31-15-6-10-12(25)4-9(23)5-14(10)30-20(15)8-1-2-11(24)13(26)3-8/h1-6,16-19,21-22,27-29H,7H2,(H3-,23,24,25,26)/p+1. The van der Waals surface area contributed by atoms with E-state index in [1.54, 1.807) is 0 Å². The zero-order valence-corrected chi connectivity index (χ0v) is 16.4. The lowest BCUT2D eigenvalue weighted by molar-refractivity contribution is -0.277. The first-order valence-corrected chi connectivity index (χ1v) is 9.52. The second-order valence-corrected chi connectivity index (χ2v) is 7.34. The molecule has 1 aromatic heterocycles. The average Bonchev–Trinajstić information content (AvgIpc) is 2.76. The molecule has 1 fully saturated rings. The number of aromatic hydroxyl groups is 4. The summed E-state index contributed by atoms with van der Waals surface area (Å²) in [7, 11) is 0. The number of aliphatic hydroxyl groups excluding tert-OH is 4. The molecule has 0 bridgehead atoms. The van der Waals surface area contributed by atoms with Gasteiger partial charge in [-0.05, 0) is 12.1 Å². The van der Waals surface area contributed by atoms with E-state index in [9.17, 15) is 40.9 Å². The molecule has 2 aromatic carbocycles. The van der Waals surface area contributed by atoms with Crippen molar-refractivity contribution in [2.24, 2.45) is 0 Å². The molecule has 3 aromatic rings. The highest BCUT2D eigenvalue weighted by molar-refractivity contribution is 5.88. The molecule has 4 rings (SSSR count). The first kappa shape index (κ1) is 21.9. The minimum absolute atomic E-state index is 0.0465. The zero-order valence-electron chi connectivity index (χ0n) is 16.4. The Morgan fingerprint density at radius 3 is 2.28 bits per heavy atom. The Labute approximate surface area is 180 Å². The number of fused-ring (bicyclic) bond motifs is 1. The lowest BCUT2D eigenvalue weighted by atomic mass is 9.99. The fourth-order valence-corrected chi connectivity index (χ4v) is 3.43. The van der Waals surface area contributed by atoms with Crippen molar-refractivity contribution >= 4 is 11.0 Å². The van der Waals surface area contributed by atoms with Crippen LogP contribution in [0, 0.1) is 0 Å². The molecular formula is C21H21O11+. The van der Waals surface area contributed by atoms with E-state index in [4.69, 9.17) is 13.9 Å². The summed E-state index contributed by atoms with van der Waals surface area (Å²) in [5.74, 6) is -1.64. The number of ether oxygens (including phenoxy) is 2. The molecule has 0 spiro atoms. The molecule has 0 aliphatic carbocycles. The fourth-order valence-electron chi connectivity index (χ4n) is 3.43. The van der Waals surface area contributed by atoms with E-state index >= 15 is 0 Å². The third-order valence-electron chi connectivity index (χ3n) is 5.15. The van der Waals surface area contributed by atoms with Crippen LogP contribution in [0.4, 0.5) is 0 Å². The van der Waals surface area contributed by atoms with Crippen LogP contribution in [-0.4, -0.2) is 78.2 Å². The van der Waals surface area contributed by atoms with Crippen molar-refractivity contribution < 1.29 is 54.7 Å². The van der Waals surface area contributed by atoms with Gasteiger partial charge in [-0.3, -0.25) is 0 Å². The van der Waals surface area contributed by atoms with Crippen molar-refractivity contribution in [1.29, 1.82) is 0 Å². The van der Waals surface area contributed by atoms with E-state index in [1.807, 2.05) is 0 Å². The molecule has 11 heteroatoms. The molecule has 5 unspecified atom stereocenters. The van der Waals surface area contributed by atoms with Crippen molar-refractivity contribution in [2.45, 2.75) is 30.7 Å². The molecule has 1 aliphatic heterocycles. The lowest BCUT2D eigenvalue weighted by Gasteiger charge is -2.39. The number of hydrogen-bond acceptors (Lipinski definition) is 10. The van der Waals surface area contributed by atoms with Crippen molar-refractivity contribution in [3.05, 3.63) is 36.4 Å². The number of benzene rings is 2.